The quantitative estimate of drug-likeness (QED) is 0.678. The van der Waals surface area contributed by atoms with Crippen LogP contribution < -0.4 is 19.5 Å². The minimum absolute atomic E-state index is 0.113. The molecule has 0 unspecified atom stereocenters. The van der Waals surface area contributed by atoms with E-state index in [1.165, 1.54) is 11.8 Å². The fourth-order valence-corrected chi connectivity index (χ4v) is 3.71. The van der Waals surface area contributed by atoms with Crippen LogP contribution in [0.5, 0.6) is 17.2 Å². The van der Waals surface area contributed by atoms with Crippen molar-refractivity contribution in [3.63, 3.8) is 0 Å². The van der Waals surface area contributed by atoms with E-state index >= 15 is 0 Å². The Bertz CT molecular complexity index is 993. The van der Waals surface area contributed by atoms with Gasteiger partial charge in [-0.25, -0.2) is 4.98 Å². The van der Waals surface area contributed by atoms with Crippen molar-refractivity contribution in [2.45, 2.75) is 5.03 Å². The summed E-state index contributed by atoms with van der Waals surface area (Å²) in [7, 11) is 1.64. The van der Waals surface area contributed by atoms with Crippen molar-refractivity contribution < 1.29 is 19.0 Å². The van der Waals surface area contributed by atoms with Crippen molar-refractivity contribution in [3.8, 4) is 17.2 Å². The van der Waals surface area contributed by atoms with E-state index < -0.39 is 0 Å². The van der Waals surface area contributed by atoms with Crippen molar-refractivity contribution in [1.29, 1.82) is 0 Å². The maximum atomic E-state index is 12.4. The fraction of sp³-hybridized carbons (Fsp3) is 0.200. The van der Waals surface area contributed by atoms with E-state index in [0.717, 1.165) is 21.5 Å². The molecule has 4 rings (SSSR count). The number of amides is 1. The lowest BCUT2D eigenvalue weighted by molar-refractivity contribution is -0.113. The summed E-state index contributed by atoms with van der Waals surface area (Å²) in [5.41, 5.74) is 0.678. The fourth-order valence-electron chi connectivity index (χ4n) is 2.90. The minimum Gasteiger partial charge on any atom is -0.496 e. The summed E-state index contributed by atoms with van der Waals surface area (Å²) in [6.07, 6.45) is 1.73. The zero-order valence-corrected chi connectivity index (χ0v) is 15.5. The highest BCUT2D eigenvalue weighted by Crippen LogP contribution is 2.33. The van der Waals surface area contributed by atoms with E-state index in [1.807, 2.05) is 24.3 Å². The van der Waals surface area contributed by atoms with Gasteiger partial charge in [-0.1, -0.05) is 23.9 Å². The van der Waals surface area contributed by atoms with Crippen LogP contribution in [0.3, 0.4) is 0 Å². The van der Waals surface area contributed by atoms with Gasteiger partial charge in [0.1, 0.15) is 24.0 Å². The van der Waals surface area contributed by atoms with Crippen LogP contribution in [0.2, 0.25) is 0 Å². The second-order valence-electron chi connectivity index (χ2n) is 5.87. The number of aromatic nitrogens is 1. The van der Waals surface area contributed by atoms with E-state index in [9.17, 15) is 4.79 Å². The zero-order valence-electron chi connectivity index (χ0n) is 14.7. The first-order valence-electron chi connectivity index (χ1n) is 8.48. The monoisotopic (exact) mass is 382 g/mol. The molecule has 0 fully saturated rings. The van der Waals surface area contributed by atoms with Crippen molar-refractivity contribution in [2.75, 3.05) is 31.4 Å². The summed E-state index contributed by atoms with van der Waals surface area (Å²) in [6, 6.07) is 13.1. The summed E-state index contributed by atoms with van der Waals surface area (Å²) in [6.45, 7) is 1.05. The number of rotatable bonds is 5. The molecule has 1 aliphatic rings. The first kappa shape index (κ1) is 17.5. The summed E-state index contributed by atoms with van der Waals surface area (Å²) >= 11 is 1.39. The number of anilines is 1. The molecule has 1 aliphatic heterocycles. The first-order chi connectivity index (χ1) is 13.2. The zero-order chi connectivity index (χ0) is 18.6. The van der Waals surface area contributed by atoms with E-state index in [4.69, 9.17) is 14.2 Å². The predicted octanol–water partition coefficient (Wildman–Crippen LogP) is 3.75. The van der Waals surface area contributed by atoms with Gasteiger partial charge in [-0.15, -0.1) is 0 Å². The van der Waals surface area contributed by atoms with Gasteiger partial charge in [0, 0.05) is 28.7 Å². The molecule has 1 aromatic heterocycles. The van der Waals surface area contributed by atoms with Crippen LogP contribution in [-0.2, 0) is 4.79 Å². The second-order valence-corrected chi connectivity index (χ2v) is 6.83. The maximum absolute atomic E-state index is 12.4. The highest BCUT2D eigenvalue weighted by molar-refractivity contribution is 8.00. The number of nitrogens with one attached hydrogen (secondary N) is 1. The Morgan fingerprint density at radius 1 is 1.15 bits per heavy atom. The summed E-state index contributed by atoms with van der Waals surface area (Å²) < 4.78 is 16.4. The lowest BCUT2D eigenvalue weighted by Crippen LogP contribution is -2.17. The van der Waals surface area contributed by atoms with Crippen LogP contribution in [0.1, 0.15) is 0 Å². The standard InChI is InChI=1S/C20H18N2O4S/c1-24-16-4-2-3-15-14(16)7-8-21-20(15)27-12-19(23)22-13-5-6-17-18(11-13)26-10-9-25-17/h2-8,11H,9-10,12H2,1H3,(H,22,23). The van der Waals surface area contributed by atoms with Crippen LogP contribution >= 0.6 is 11.8 Å². The smallest absolute Gasteiger partial charge is 0.234 e. The van der Waals surface area contributed by atoms with Crippen molar-refractivity contribution in [3.05, 3.63) is 48.7 Å². The average Bonchev–Trinajstić information content (AvgIpc) is 2.71. The molecular weight excluding hydrogens is 364 g/mol. The molecule has 2 heterocycles. The third kappa shape index (κ3) is 3.78. The number of pyridine rings is 1. The van der Waals surface area contributed by atoms with E-state index in [-0.39, 0.29) is 11.7 Å². The molecule has 0 bridgehead atoms. The number of benzene rings is 2. The number of ether oxygens (including phenoxy) is 3. The molecule has 3 aromatic rings. The van der Waals surface area contributed by atoms with Gasteiger partial charge in [-0.3, -0.25) is 4.79 Å². The van der Waals surface area contributed by atoms with Crippen molar-refractivity contribution >= 4 is 34.1 Å². The molecule has 1 N–H and O–H groups in total. The Morgan fingerprint density at radius 3 is 2.85 bits per heavy atom. The molecule has 0 saturated heterocycles. The highest BCUT2D eigenvalue weighted by Gasteiger charge is 2.14. The third-order valence-corrected chi connectivity index (χ3v) is 5.12. The normalized spacial score (nSPS) is 12.6. The maximum Gasteiger partial charge on any atom is 0.234 e. The molecule has 138 valence electrons. The number of methoxy groups -OCH3 is 1. The Morgan fingerprint density at radius 2 is 2.00 bits per heavy atom. The minimum atomic E-state index is -0.113. The molecule has 0 atom stereocenters. The Balaban J connectivity index is 1.45. The highest BCUT2D eigenvalue weighted by atomic mass is 32.2. The van der Waals surface area contributed by atoms with Gasteiger partial charge in [0.15, 0.2) is 11.5 Å². The summed E-state index contributed by atoms with van der Waals surface area (Å²) in [5.74, 6) is 2.27. The molecule has 0 saturated carbocycles. The van der Waals surface area contributed by atoms with Gasteiger partial charge < -0.3 is 19.5 Å². The molecule has 2 aromatic carbocycles. The van der Waals surface area contributed by atoms with Crippen LogP contribution in [0.4, 0.5) is 5.69 Å². The number of hydrogen-bond acceptors (Lipinski definition) is 6. The topological polar surface area (TPSA) is 69.7 Å². The number of carbonyl (C=O) groups excluding carboxylic acids is 1. The number of hydrogen-bond donors (Lipinski definition) is 1. The third-order valence-electron chi connectivity index (χ3n) is 4.12. The number of fused-ring (bicyclic) bond motifs is 2. The van der Waals surface area contributed by atoms with Crippen LogP contribution in [-0.4, -0.2) is 37.0 Å². The van der Waals surface area contributed by atoms with Gasteiger partial charge >= 0.3 is 0 Å². The van der Waals surface area contributed by atoms with Gasteiger partial charge in [0.25, 0.3) is 0 Å². The SMILES string of the molecule is COc1cccc2c(SCC(=O)Nc3ccc4c(c3)OCCO4)nccc12. The lowest BCUT2D eigenvalue weighted by Gasteiger charge is -2.19. The number of thioether (sulfide) groups is 1. The average molecular weight is 382 g/mol. The first-order valence-corrected chi connectivity index (χ1v) is 9.47. The van der Waals surface area contributed by atoms with E-state index in [0.29, 0.717) is 30.4 Å². The Kier molecular flexibility index (Phi) is 5.02. The summed E-state index contributed by atoms with van der Waals surface area (Å²) in [5, 5.41) is 5.62. The Hall–Kier alpha value is -2.93. The molecule has 27 heavy (non-hydrogen) atoms. The van der Waals surface area contributed by atoms with Crippen LogP contribution in [0, 0.1) is 0 Å². The molecular formula is C20H18N2O4S. The Labute approximate surface area is 160 Å². The summed E-state index contributed by atoms with van der Waals surface area (Å²) in [4.78, 5) is 16.8. The molecule has 7 heteroatoms. The van der Waals surface area contributed by atoms with E-state index in [2.05, 4.69) is 10.3 Å². The van der Waals surface area contributed by atoms with Gasteiger partial charge in [-0.2, -0.15) is 0 Å². The number of carbonyl (C=O) groups is 1. The molecule has 0 spiro atoms. The lowest BCUT2D eigenvalue weighted by atomic mass is 10.1. The van der Waals surface area contributed by atoms with Crippen LogP contribution in [0.25, 0.3) is 10.8 Å². The molecule has 6 nitrogen and oxygen atoms in total. The molecule has 0 radical (unpaired) electrons. The van der Waals surface area contributed by atoms with Gasteiger partial charge in [0.05, 0.1) is 12.9 Å². The largest absolute Gasteiger partial charge is 0.496 e. The molecule has 0 aliphatic carbocycles. The van der Waals surface area contributed by atoms with Gasteiger partial charge in [0.2, 0.25) is 5.91 Å². The number of nitrogens with zero attached hydrogens (tertiary/aromatic N) is 1. The van der Waals surface area contributed by atoms with Gasteiger partial charge in [-0.05, 0) is 24.3 Å². The van der Waals surface area contributed by atoms with Crippen molar-refractivity contribution in [1.82, 2.24) is 4.98 Å². The van der Waals surface area contributed by atoms with Crippen LogP contribution in [0.15, 0.2) is 53.7 Å². The predicted molar refractivity (Wildman–Crippen MR) is 105 cm³/mol. The second kappa shape index (κ2) is 7.75. The van der Waals surface area contributed by atoms with Crippen molar-refractivity contribution in [2.24, 2.45) is 0 Å². The van der Waals surface area contributed by atoms with E-state index in [1.54, 1.807) is 31.5 Å². The molecule has 1 amide bonds.